The fraction of sp³-hybridized carbons (Fsp3) is 0.700. The summed E-state index contributed by atoms with van der Waals surface area (Å²) >= 11 is 0. The van der Waals surface area contributed by atoms with Gasteiger partial charge in [-0.1, -0.05) is 13.8 Å². The van der Waals surface area contributed by atoms with Gasteiger partial charge in [-0.25, -0.2) is 0 Å². The van der Waals surface area contributed by atoms with E-state index in [1.165, 1.54) is 0 Å². The first kappa shape index (κ1) is 17.0. The number of hydrogen-bond acceptors (Lipinski definition) is 4. The van der Waals surface area contributed by atoms with Crippen LogP contribution in [0.25, 0.3) is 0 Å². The van der Waals surface area contributed by atoms with Crippen molar-refractivity contribution < 1.29 is 19.1 Å². The molecular formula is C10H19O4Sb. The van der Waals surface area contributed by atoms with Crippen molar-refractivity contribution in [2.24, 2.45) is 0 Å². The van der Waals surface area contributed by atoms with E-state index < -0.39 is 11.9 Å². The van der Waals surface area contributed by atoms with Crippen LogP contribution in [-0.2, 0) is 19.1 Å². The summed E-state index contributed by atoms with van der Waals surface area (Å²) in [5.41, 5.74) is 0. The zero-order valence-corrected chi connectivity index (χ0v) is 13.4. The van der Waals surface area contributed by atoms with Crippen molar-refractivity contribution >= 4 is 42.1 Å². The summed E-state index contributed by atoms with van der Waals surface area (Å²) in [6, 6.07) is 0. The van der Waals surface area contributed by atoms with Crippen molar-refractivity contribution in [3.63, 3.8) is 0 Å². The molecule has 15 heavy (non-hydrogen) atoms. The van der Waals surface area contributed by atoms with Gasteiger partial charge in [0.2, 0.25) is 0 Å². The molecule has 0 aliphatic carbocycles. The molecule has 0 aliphatic rings. The zero-order chi connectivity index (χ0) is 11.0. The van der Waals surface area contributed by atoms with Crippen molar-refractivity contribution in [2.45, 2.75) is 46.0 Å². The van der Waals surface area contributed by atoms with Gasteiger partial charge in [0.15, 0.2) is 0 Å². The first-order valence-corrected chi connectivity index (χ1v) is 4.85. The molecule has 4 nitrogen and oxygen atoms in total. The molecule has 0 aliphatic heterocycles. The maximum absolute atomic E-state index is 11.0. The molecule has 0 unspecified atom stereocenters. The summed E-state index contributed by atoms with van der Waals surface area (Å²) in [4.78, 5) is 32.8. The standard InChI is InChI=1S/C10H16O4.Sb.3H/c1-3-5-8(11)7-10(13)14-9(12)6-4-2;;;;/h3-7H2,1-2H3;;;;. The van der Waals surface area contributed by atoms with Crippen LogP contribution in [0, 0.1) is 0 Å². The SMILES string of the molecule is CCCC(=O)CC(=O)OC(=O)CCC.[SbH3]. The molecule has 0 spiro atoms. The number of Topliss-reactive ketones (excluding diaryl/α,β-unsaturated/α-hetero) is 1. The number of esters is 2. The molecule has 0 amide bonds. The van der Waals surface area contributed by atoms with E-state index >= 15 is 0 Å². The van der Waals surface area contributed by atoms with Crippen LogP contribution in [0.15, 0.2) is 0 Å². The van der Waals surface area contributed by atoms with E-state index in [0.29, 0.717) is 19.3 Å². The fourth-order valence-electron chi connectivity index (χ4n) is 0.946. The second-order valence-electron chi connectivity index (χ2n) is 3.06. The van der Waals surface area contributed by atoms with Crippen molar-refractivity contribution in [1.29, 1.82) is 0 Å². The molecule has 0 fully saturated rings. The predicted molar refractivity (Wildman–Crippen MR) is 60.5 cm³/mol. The Kier molecular flexibility index (Phi) is 11.5. The van der Waals surface area contributed by atoms with Gasteiger partial charge in [0.05, 0.1) is 0 Å². The van der Waals surface area contributed by atoms with E-state index in [1.54, 1.807) is 0 Å². The second kappa shape index (κ2) is 10.2. The molecular weight excluding hydrogens is 306 g/mol. The fourth-order valence-corrected chi connectivity index (χ4v) is 0.946. The number of carbonyl (C=O) groups is 3. The molecule has 0 saturated carbocycles. The third-order valence-corrected chi connectivity index (χ3v) is 1.55. The predicted octanol–water partition coefficient (Wildman–Crippen LogP) is 0.432. The maximum atomic E-state index is 11.0. The van der Waals surface area contributed by atoms with Crippen LogP contribution in [0.3, 0.4) is 0 Å². The van der Waals surface area contributed by atoms with Crippen LogP contribution >= 0.6 is 0 Å². The normalized spacial score (nSPS) is 8.93. The second-order valence-corrected chi connectivity index (χ2v) is 3.06. The average molecular weight is 325 g/mol. The van der Waals surface area contributed by atoms with Crippen molar-refractivity contribution in [3.8, 4) is 0 Å². The summed E-state index contributed by atoms with van der Waals surface area (Å²) in [5, 5.41) is 0. The minimum atomic E-state index is -0.734. The quantitative estimate of drug-likeness (QED) is 0.404. The topological polar surface area (TPSA) is 60.4 Å². The molecule has 0 atom stereocenters. The van der Waals surface area contributed by atoms with Crippen LogP contribution < -0.4 is 0 Å². The molecule has 5 heteroatoms. The van der Waals surface area contributed by atoms with Gasteiger partial charge in [-0.15, -0.1) is 0 Å². The zero-order valence-electron chi connectivity index (χ0n) is 9.38. The molecule has 0 radical (unpaired) electrons. The third kappa shape index (κ3) is 9.92. The van der Waals surface area contributed by atoms with Gasteiger partial charge in [0.1, 0.15) is 12.2 Å². The molecule has 0 aromatic rings. The Morgan fingerprint density at radius 2 is 1.47 bits per heavy atom. The molecule has 88 valence electrons. The first-order valence-electron chi connectivity index (χ1n) is 4.85. The average Bonchev–Trinajstić information content (AvgIpc) is 2.03. The third-order valence-electron chi connectivity index (χ3n) is 1.55. The van der Waals surface area contributed by atoms with E-state index in [2.05, 4.69) is 4.74 Å². The Labute approximate surface area is 107 Å². The van der Waals surface area contributed by atoms with Crippen LogP contribution in [0.5, 0.6) is 0 Å². The molecule has 0 N–H and O–H groups in total. The molecule has 0 aromatic heterocycles. The molecule has 0 rings (SSSR count). The van der Waals surface area contributed by atoms with E-state index in [4.69, 9.17) is 0 Å². The van der Waals surface area contributed by atoms with Crippen LogP contribution in [-0.4, -0.2) is 42.1 Å². The van der Waals surface area contributed by atoms with E-state index in [9.17, 15) is 14.4 Å². The van der Waals surface area contributed by atoms with Gasteiger partial charge >= 0.3 is 36.4 Å². The summed E-state index contributed by atoms with van der Waals surface area (Å²) in [6.45, 7) is 3.67. The number of ketones is 1. The number of rotatable bonds is 6. The van der Waals surface area contributed by atoms with Gasteiger partial charge in [0, 0.05) is 12.8 Å². The van der Waals surface area contributed by atoms with Crippen molar-refractivity contribution in [2.75, 3.05) is 0 Å². The van der Waals surface area contributed by atoms with Gasteiger partial charge in [0.25, 0.3) is 0 Å². The Hall–Kier alpha value is -0.372. The van der Waals surface area contributed by atoms with E-state index in [-0.39, 0.29) is 43.1 Å². The van der Waals surface area contributed by atoms with E-state index in [1.807, 2.05) is 13.8 Å². The summed E-state index contributed by atoms with van der Waals surface area (Å²) in [6.07, 6.45) is 1.62. The summed E-state index contributed by atoms with van der Waals surface area (Å²) in [7, 11) is 0. The Bertz CT molecular complexity index is 203. The van der Waals surface area contributed by atoms with Gasteiger partial charge in [-0.2, -0.15) is 0 Å². The molecule has 0 bridgehead atoms. The minimum absolute atomic E-state index is 0. The van der Waals surface area contributed by atoms with Crippen molar-refractivity contribution in [1.82, 2.24) is 0 Å². The van der Waals surface area contributed by atoms with Crippen LogP contribution in [0.2, 0.25) is 0 Å². The van der Waals surface area contributed by atoms with Crippen molar-refractivity contribution in [3.05, 3.63) is 0 Å². The summed E-state index contributed by atoms with van der Waals surface area (Å²) < 4.78 is 4.41. The number of hydrogen-bond donors (Lipinski definition) is 0. The number of carbonyl (C=O) groups excluding carboxylic acids is 3. The van der Waals surface area contributed by atoms with E-state index in [0.717, 1.165) is 0 Å². The molecule has 0 heterocycles. The first-order chi connectivity index (χ1) is 6.60. The number of ether oxygens (including phenoxy) is 1. The monoisotopic (exact) mass is 324 g/mol. The Morgan fingerprint density at radius 1 is 0.933 bits per heavy atom. The molecule has 0 saturated heterocycles. The van der Waals surface area contributed by atoms with Crippen LogP contribution in [0.1, 0.15) is 46.0 Å². The molecule has 0 aromatic carbocycles. The Morgan fingerprint density at radius 3 is 1.93 bits per heavy atom. The summed E-state index contributed by atoms with van der Waals surface area (Å²) in [5.74, 6) is -1.47. The Balaban J connectivity index is 0. The van der Waals surface area contributed by atoms with Crippen LogP contribution in [0.4, 0.5) is 0 Å². The van der Waals surface area contributed by atoms with Gasteiger partial charge in [-0.05, 0) is 12.8 Å². The van der Waals surface area contributed by atoms with Gasteiger partial charge in [-0.3, -0.25) is 14.4 Å². The van der Waals surface area contributed by atoms with Gasteiger partial charge < -0.3 is 4.74 Å².